The lowest BCUT2D eigenvalue weighted by atomic mass is 10.0. The summed E-state index contributed by atoms with van der Waals surface area (Å²) in [7, 11) is -4.15. The molecule has 3 rings (SSSR count). The number of alkyl halides is 3. The summed E-state index contributed by atoms with van der Waals surface area (Å²) in [5, 5.41) is 0. The summed E-state index contributed by atoms with van der Waals surface area (Å²) in [5.74, 6) is -3.35. The Hall–Kier alpha value is -2.50. The standard InChI is InChI=1S/C22H22F4N2O4S.ClH/c23-16-11-20-18(10-15(16)19(29)8-4-5-9-22(24,25)26)28(12-14-6-2-1-3-7-14)21(30)17(27)13-33(20,31)32;/h1-3,6-7,10-11,17H,4-5,8-9,12-13,27H2;1H/t17-;/m0./s1. The van der Waals surface area contributed by atoms with Crippen molar-refractivity contribution in [2.24, 2.45) is 5.73 Å². The fourth-order valence-corrected chi connectivity index (χ4v) is 5.17. The number of halogens is 5. The van der Waals surface area contributed by atoms with Gasteiger partial charge in [0.25, 0.3) is 0 Å². The molecule has 0 radical (unpaired) electrons. The molecule has 1 amide bonds. The normalized spacial score (nSPS) is 17.5. The Morgan fingerprint density at radius 2 is 1.76 bits per heavy atom. The van der Waals surface area contributed by atoms with Crippen molar-refractivity contribution in [1.29, 1.82) is 0 Å². The summed E-state index contributed by atoms with van der Waals surface area (Å²) < 4.78 is 77.2. The SMILES string of the molecule is Cl.N[C@H]1CS(=O)(=O)c2cc(F)c(C(=O)CCCCC(F)(F)F)cc2N(Cc2ccccc2)C1=O. The number of carbonyl (C=O) groups excluding carboxylic acids is 2. The van der Waals surface area contributed by atoms with Crippen LogP contribution in [0.4, 0.5) is 23.2 Å². The molecule has 12 heteroatoms. The maximum absolute atomic E-state index is 14.8. The molecule has 186 valence electrons. The molecule has 2 aromatic rings. The van der Waals surface area contributed by atoms with E-state index in [4.69, 9.17) is 5.73 Å². The van der Waals surface area contributed by atoms with Crippen LogP contribution in [0.15, 0.2) is 47.4 Å². The number of anilines is 1. The van der Waals surface area contributed by atoms with E-state index in [9.17, 15) is 35.6 Å². The summed E-state index contributed by atoms with van der Waals surface area (Å²) in [6, 6.07) is 8.86. The molecular weight excluding hydrogens is 500 g/mol. The average Bonchev–Trinajstić information content (AvgIpc) is 2.79. The minimum Gasteiger partial charge on any atom is -0.319 e. The van der Waals surface area contributed by atoms with Gasteiger partial charge in [0.1, 0.15) is 5.82 Å². The highest BCUT2D eigenvalue weighted by molar-refractivity contribution is 7.91. The summed E-state index contributed by atoms with van der Waals surface area (Å²) in [6.07, 6.45) is -6.20. The van der Waals surface area contributed by atoms with Crippen molar-refractivity contribution in [3.05, 3.63) is 59.4 Å². The molecule has 2 aromatic carbocycles. The predicted octanol–water partition coefficient (Wildman–Crippen LogP) is 4.20. The Kier molecular flexibility index (Phi) is 8.84. The van der Waals surface area contributed by atoms with E-state index in [0.717, 1.165) is 11.0 Å². The molecule has 0 bridgehead atoms. The first-order valence-corrected chi connectivity index (χ1v) is 11.8. The van der Waals surface area contributed by atoms with Crippen LogP contribution in [0.1, 0.15) is 41.6 Å². The quantitative estimate of drug-likeness (QED) is 0.334. The fourth-order valence-electron chi connectivity index (χ4n) is 3.61. The Balaban J connectivity index is 0.00000408. The third-order valence-corrected chi connectivity index (χ3v) is 7.05. The number of nitrogens with zero attached hydrogens (tertiary/aromatic N) is 1. The number of ketones is 1. The lowest BCUT2D eigenvalue weighted by Gasteiger charge is -2.24. The van der Waals surface area contributed by atoms with Crippen LogP contribution < -0.4 is 10.6 Å². The second-order valence-electron chi connectivity index (χ2n) is 7.84. The minimum absolute atomic E-state index is 0. The van der Waals surface area contributed by atoms with Crippen molar-refractivity contribution in [2.45, 2.75) is 49.3 Å². The van der Waals surface area contributed by atoms with Gasteiger partial charge in [0, 0.05) is 12.8 Å². The second-order valence-corrected chi connectivity index (χ2v) is 9.85. The van der Waals surface area contributed by atoms with Crippen LogP contribution in [0.5, 0.6) is 0 Å². The van der Waals surface area contributed by atoms with Crippen LogP contribution in [0, 0.1) is 5.82 Å². The topological polar surface area (TPSA) is 97.5 Å². The van der Waals surface area contributed by atoms with Crippen LogP contribution in [0.25, 0.3) is 0 Å². The maximum Gasteiger partial charge on any atom is 0.389 e. The van der Waals surface area contributed by atoms with E-state index in [-0.39, 0.29) is 43.9 Å². The molecule has 6 nitrogen and oxygen atoms in total. The molecule has 0 aromatic heterocycles. The van der Waals surface area contributed by atoms with Crippen LogP contribution in [0.2, 0.25) is 0 Å². The van der Waals surface area contributed by atoms with Crippen LogP contribution in [0.3, 0.4) is 0 Å². The highest BCUT2D eigenvalue weighted by Crippen LogP contribution is 2.34. The lowest BCUT2D eigenvalue weighted by molar-refractivity contribution is -0.135. The number of carbonyl (C=O) groups is 2. The zero-order valence-corrected chi connectivity index (χ0v) is 19.5. The predicted molar refractivity (Wildman–Crippen MR) is 120 cm³/mol. The summed E-state index contributed by atoms with van der Waals surface area (Å²) in [6.45, 7) is -0.0687. The second kappa shape index (κ2) is 10.8. The van der Waals surface area contributed by atoms with Crippen molar-refractivity contribution in [3.8, 4) is 0 Å². The number of amides is 1. The molecule has 1 atom stereocenters. The molecule has 0 unspecified atom stereocenters. The summed E-state index contributed by atoms with van der Waals surface area (Å²) >= 11 is 0. The number of rotatable bonds is 7. The van der Waals surface area contributed by atoms with Gasteiger partial charge >= 0.3 is 6.18 Å². The zero-order chi connectivity index (χ0) is 24.4. The maximum atomic E-state index is 14.8. The van der Waals surface area contributed by atoms with Gasteiger partial charge in [0.2, 0.25) is 5.91 Å². The van der Waals surface area contributed by atoms with Crippen molar-refractivity contribution in [1.82, 2.24) is 0 Å². The zero-order valence-electron chi connectivity index (χ0n) is 17.8. The molecule has 34 heavy (non-hydrogen) atoms. The summed E-state index contributed by atoms with van der Waals surface area (Å²) in [5.41, 5.74) is 5.78. The number of sulfone groups is 1. The van der Waals surface area contributed by atoms with Gasteiger partial charge in [-0.1, -0.05) is 30.3 Å². The Morgan fingerprint density at radius 1 is 1.12 bits per heavy atom. The number of benzene rings is 2. The molecule has 0 saturated carbocycles. The molecule has 0 saturated heterocycles. The van der Waals surface area contributed by atoms with E-state index in [0.29, 0.717) is 11.6 Å². The van der Waals surface area contributed by atoms with Crippen LogP contribution in [-0.4, -0.2) is 38.1 Å². The van der Waals surface area contributed by atoms with Gasteiger partial charge in [0.15, 0.2) is 15.6 Å². The molecular formula is C22H23ClF4N2O4S. The first-order valence-electron chi connectivity index (χ1n) is 10.2. The number of Topliss-reactive ketones (excluding diaryl/α,β-unsaturated/α-hetero) is 1. The largest absolute Gasteiger partial charge is 0.389 e. The van der Waals surface area contributed by atoms with E-state index in [1.807, 2.05) is 0 Å². The van der Waals surface area contributed by atoms with E-state index >= 15 is 0 Å². The Bertz CT molecular complexity index is 1160. The fraction of sp³-hybridized carbons (Fsp3) is 0.364. The smallest absolute Gasteiger partial charge is 0.319 e. The van der Waals surface area contributed by atoms with Crippen molar-refractivity contribution >= 4 is 39.6 Å². The van der Waals surface area contributed by atoms with Gasteiger partial charge in [-0.05, 0) is 30.5 Å². The molecule has 1 aliphatic heterocycles. The van der Waals surface area contributed by atoms with E-state index in [1.165, 1.54) is 0 Å². The lowest BCUT2D eigenvalue weighted by Crippen LogP contribution is -2.45. The number of nitrogens with two attached hydrogens (primary N) is 1. The Labute approximate surface area is 200 Å². The van der Waals surface area contributed by atoms with E-state index < -0.39 is 62.2 Å². The minimum atomic E-state index is -4.36. The molecule has 1 heterocycles. The van der Waals surface area contributed by atoms with Gasteiger partial charge in [-0.3, -0.25) is 9.59 Å². The van der Waals surface area contributed by atoms with Crippen molar-refractivity contribution in [3.63, 3.8) is 0 Å². The van der Waals surface area contributed by atoms with Crippen LogP contribution in [-0.2, 0) is 21.2 Å². The third-order valence-electron chi connectivity index (χ3n) is 5.25. The molecule has 0 spiro atoms. The number of hydrogen-bond acceptors (Lipinski definition) is 5. The molecule has 1 aliphatic rings. The van der Waals surface area contributed by atoms with Gasteiger partial charge in [-0.2, -0.15) is 13.2 Å². The van der Waals surface area contributed by atoms with Crippen LogP contribution >= 0.6 is 12.4 Å². The van der Waals surface area contributed by atoms with Crippen molar-refractivity contribution < 1.29 is 35.6 Å². The number of unbranched alkanes of at least 4 members (excludes halogenated alkanes) is 1. The summed E-state index contributed by atoms with van der Waals surface area (Å²) in [4.78, 5) is 26.1. The average molecular weight is 523 g/mol. The van der Waals surface area contributed by atoms with Gasteiger partial charge in [0.05, 0.1) is 34.5 Å². The monoisotopic (exact) mass is 522 g/mol. The third kappa shape index (κ3) is 6.55. The molecule has 2 N–H and O–H groups in total. The van der Waals surface area contributed by atoms with Gasteiger partial charge in [-0.15, -0.1) is 12.4 Å². The number of fused-ring (bicyclic) bond motifs is 1. The van der Waals surface area contributed by atoms with Crippen molar-refractivity contribution in [2.75, 3.05) is 10.7 Å². The number of hydrogen-bond donors (Lipinski definition) is 1. The Morgan fingerprint density at radius 3 is 2.38 bits per heavy atom. The first-order chi connectivity index (χ1) is 15.4. The highest BCUT2D eigenvalue weighted by atomic mass is 35.5. The molecule has 0 fully saturated rings. The highest BCUT2D eigenvalue weighted by Gasteiger charge is 2.37. The molecule has 0 aliphatic carbocycles. The van der Waals surface area contributed by atoms with Gasteiger partial charge in [-0.25, -0.2) is 12.8 Å². The van der Waals surface area contributed by atoms with E-state index in [2.05, 4.69) is 0 Å². The first kappa shape index (κ1) is 27.7. The van der Waals surface area contributed by atoms with Gasteiger partial charge < -0.3 is 10.6 Å². The van der Waals surface area contributed by atoms with E-state index in [1.54, 1.807) is 30.3 Å².